The molecule has 2 rings (SSSR count). The van der Waals surface area contributed by atoms with E-state index < -0.39 is 0 Å². The van der Waals surface area contributed by atoms with Crippen LogP contribution in [0, 0.1) is 13.8 Å². The Morgan fingerprint density at radius 2 is 1.76 bits per heavy atom. The summed E-state index contributed by atoms with van der Waals surface area (Å²) in [5.41, 5.74) is 8.65. The SMILES string of the molecule is Cc1ccc(Cl)cc1Oc1cccc(C)c1N. The highest BCUT2D eigenvalue weighted by atomic mass is 35.5. The van der Waals surface area contributed by atoms with Crippen LogP contribution in [0.4, 0.5) is 5.69 Å². The number of benzene rings is 2. The van der Waals surface area contributed by atoms with Crippen LogP contribution in [0.1, 0.15) is 11.1 Å². The topological polar surface area (TPSA) is 35.2 Å². The first kappa shape index (κ1) is 11.8. The van der Waals surface area contributed by atoms with Gasteiger partial charge in [-0.2, -0.15) is 0 Å². The second-order valence-electron chi connectivity index (χ2n) is 4.00. The molecule has 0 spiro atoms. The van der Waals surface area contributed by atoms with Crippen molar-refractivity contribution in [1.29, 1.82) is 0 Å². The average Bonchev–Trinajstić information content (AvgIpc) is 2.30. The summed E-state index contributed by atoms with van der Waals surface area (Å²) in [5.74, 6) is 1.39. The number of nitrogens with two attached hydrogens (primary N) is 1. The molecule has 0 unspecified atom stereocenters. The van der Waals surface area contributed by atoms with Gasteiger partial charge in [0.05, 0.1) is 5.69 Å². The van der Waals surface area contributed by atoms with Crippen molar-refractivity contribution < 1.29 is 4.74 Å². The Kier molecular flexibility index (Phi) is 3.25. The van der Waals surface area contributed by atoms with Crippen LogP contribution in [0.2, 0.25) is 5.02 Å². The number of hydrogen-bond acceptors (Lipinski definition) is 2. The first-order chi connectivity index (χ1) is 8.08. The Hall–Kier alpha value is -1.67. The second kappa shape index (κ2) is 4.68. The molecule has 2 aromatic rings. The molecule has 0 saturated carbocycles. The zero-order valence-electron chi connectivity index (χ0n) is 9.83. The molecule has 0 bridgehead atoms. The molecule has 0 aliphatic rings. The molecular weight excluding hydrogens is 234 g/mol. The highest BCUT2D eigenvalue weighted by molar-refractivity contribution is 6.30. The van der Waals surface area contributed by atoms with E-state index in [9.17, 15) is 0 Å². The molecule has 17 heavy (non-hydrogen) atoms. The van der Waals surface area contributed by atoms with Gasteiger partial charge >= 0.3 is 0 Å². The summed E-state index contributed by atoms with van der Waals surface area (Å²) in [6, 6.07) is 11.3. The molecule has 2 N–H and O–H groups in total. The first-order valence-electron chi connectivity index (χ1n) is 5.37. The number of ether oxygens (including phenoxy) is 1. The van der Waals surface area contributed by atoms with Gasteiger partial charge in [0.2, 0.25) is 0 Å². The smallest absolute Gasteiger partial charge is 0.150 e. The summed E-state index contributed by atoms with van der Waals surface area (Å²) in [6.45, 7) is 3.92. The van der Waals surface area contributed by atoms with Crippen LogP contribution in [0.15, 0.2) is 36.4 Å². The molecule has 0 atom stereocenters. The number of rotatable bonds is 2. The lowest BCUT2D eigenvalue weighted by Gasteiger charge is -2.12. The average molecular weight is 248 g/mol. The summed E-state index contributed by atoms with van der Waals surface area (Å²) in [7, 11) is 0. The van der Waals surface area contributed by atoms with Gasteiger partial charge in [0, 0.05) is 5.02 Å². The molecule has 0 saturated heterocycles. The third kappa shape index (κ3) is 2.53. The van der Waals surface area contributed by atoms with E-state index in [0.29, 0.717) is 16.5 Å². The maximum Gasteiger partial charge on any atom is 0.150 e. The fourth-order valence-corrected chi connectivity index (χ4v) is 1.71. The fraction of sp³-hybridized carbons (Fsp3) is 0.143. The molecule has 0 radical (unpaired) electrons. The van der Waals surface area contributed by atoms with Gasteiger partial charge in [-0.25, -0.2) is 0 Å². The van der Waals surface area contributed by atoms with Crippen molar-refractivity contribution >= 4 is 17.3 Å². The maximum absolute atomic E-state index is 5.96. The number of aryl methyl sites for hydroxylation is 2. The van der Waals surface area contributed by atoms with Crippen molar-refractivity contribution in [1.82, 2.24) is 0 Å². The Labute approximate surface area is 106 Å². The highest BCUT2D eigenvalue weighted by Crippen LogP contribution is 2.32. The molecule has 2 aromatic carbocycles. The van der Waals surface area contributed by atoms with Crippen LogP contribution < -0.4 is 10.5 Å². The zero-order valence-corrected chi connectivity index (χ0v) is 10.6. The predicted molar refractivity (Wildman–Crippen MR) is 71.9 cm³/mol. The summed E-state index contributed by atoms with van der Waals surface area (Å²) >= 11 is 5.94. The minimum Gasteiger partial charge on any atom is -0.455 e. The van der Waals surface area contributed by atoms with Crippen molar-refractivity contribution in [3.63, 3.8) is 0 Å². The van der Waals surface area contributed by atoms with Gasteiger partial charge in [-0.15, -0.1) is 0 Å². The summed E-state index contributed by atoms with van der Waals surface area (Å²) < 4.78 is 5.79. The Morgan fingerprint density at radius 3 is 2.53 bits per heavy atom. The van der Waals surface area contributed by atoms with Crippen LogP contribution in [0.25, 0.3) is 0 Å². The molecule has 0 aromatic heterocycles. The zero-order chi connectivity index (χ0) is 12.4. The molecule has 88 valence electrons. The van der Waals surface area contributed by atoms with E-state index in [0.717, 1.165) is 16.9 Å². The van der Waals surface area contributed by atoms with E-state index in [1.807, 2.05) is 44.2 Å². The van der Waals surface area contributed by atoms with Crippen LogP contribution in [-0.4, -0.2) is 0 Å². The number of hydrogen-bond donors (Lipinski definition) is 1. The number of halogens is 1. The van der Waals surface area contributed by atoms with E-state index in [-0.39, 0.29) is 0 Å². The van der Waals surface area contributed by atoms with Gasteiger partial charge in [-0.1, -0.05) is 29.8 Å². The molecular formula is C14H14ClNO. The van der Waals surface area contributed by atoms with Gasteiger partial charge in [0.15, 0.2) is 5.75 Å². The Balaban J connectivity index is 2.38. The quantitative estimate of drug-likeness (QED) is 0.802. The van der Waals surface area contributed by atoms with Gasteiger partial charge < -0.3 is 10.5 Å². The lowest BCUT2D eigenvalue weighted by atomic mass is 10.2. The van der Waals surface area contributed by atoms with E-state index in [1.165, 1.54) is 0 Å². The number of para-hydroxylation sites is 1. The maximum atomic E-state index is 5.96. The van der Waals surface area contributed by atoms with E-state index in [4.69, 9.17) is 22.1 Å². The Morgan fingerprint density at radius 1 is 1.00 bits per heavy atom. The molecule has 0 amide bonds. The van der Waals surface area contributed by atoms with Crippen LogP contribution in [0.3, 0.4) is 0 Å². The second-order valence-corrected chi connectivity index (χ2v) is 4.44. The third-order valence-corrected chi connectivity index (χ3v) is 2.89. The van der Waals surface area contributed by atoms with Gasteiger partial charge in [0.1, 0.15) is 5.75 Å². The standard InChI is InChI=1S/C14H14ClNO/c1-9-6-7-11(15)8-13(9)17-12-5-3-4-10(2)14(12)16/h3-8H,16H2,1-2H3. The van der Waals surface area contributed by atoms with Crippen LogP contribution >= 0.6 is 11.6 Å². The van der Waals surface area contributed by atoms with E-state index in [1.54, 1.807) is 6.07 Å². The fourth-order valence-electron chi connectivity index (χ4n) is 1.55. The predicted octanol–water partition coefficient (Wildman–Crippen LogP) is 4.33. The molecule has 0 heterocycles. The van der Waals surface area contributed by atoms with Crippen molar-refractivity contribution in [3.05, 3.63) is 52.5 Å². The molecule has 0 aliphatic heterocycles. The van der Waals surface area contributed by atoms with Crippen LogP contribution in [-0.2, 0) is 0 Å². The monoisotopic (exact) mass is 247 g/mol. The largest absolute Gasteiger partial charge is 0.455 e. The number of nitrogen functional groups attached to an aromatic ring is 1. The Bertz CT molecular complexity index is 552. The van der Waals surface area contributed by atoms with Crippen molar-refractivity contribution in [3.8, 4) is 11.5 Å². The van der Waals surface area contributed by atoms with Gasteiger partial charge in [-0.05, 0) is 43.2 Å². The first-order valence-corrected chi connectivity index (χ1v) is 5.75. The molecule has 0 fully saturated rings. The normalized spacial score (nSPS) is 10.3. The summed E-state index contributed by atoms with van der Waals surface area (Å²) in [6.07, 6.45) is 0. The number of anilines is 1. The van der Waals surface area contributed by atoms with Crippen molar-refractivity contribution in [2.24, 2.45) is 0 Å². The van der Waals surface area contributed by atoms with E-state index in [2.05, 4.69) is 0 Å². The van der Waals surface area contributed by atoms with Gasteiger partial charge in [0.25, 0.3) is 0 Å². The molecule has 3 heteroatoms. The van der Waals surface area contributed by atoms with Crippen molar-refractivity contribution in [2.45, 2.75) is 13.8 Å². The van der Waals surface area contributed by atoms with E-state index >= 15 is 0 Å². The van der Waals surface area contributed by atoms with Crippen LogP contribution in [0.5, 0.6) is 11.5 Å². The molecule has 0 aliphatic carbocycles. The minimum absolute atomic E-state index is 0.650. The lowest BCUT2D eigenvalue weighted by molar-refractivity contribution is 0.481. The lowest BCUT2D eigenvalue weighted by Crippen LogP contribution is -1.95. The molecule has 2 nitrogen and oxygen atoms in total. The highest BCUT2D eigenvalue weighted by Gasteiger charge is 2.06. The van der Waals surface area contributed by atoms with Gasteiger partial charge in [-0.3, -0.25) is 0 Å². The third-order valence-electron chi connectivity index (χ3n) is 2.65. The minimum atomic E-state index is 0.650. The summed E-state index contributed by atoms with van der Waals surface area (Å²) in [4.78, 5) is 0. The summed E-state index contributed by atoms with van der Waals surface area (Å²) in [5, 5.41) is 0.650. The van der Waals surface area contributed by atoms with Crippen molar-refractivity contribution in [2.75, 3.05) is 5.73 Å².